The van der Waals surface area contributed by atoms with Crippen molar-refractivity contribution in [1.29, 1.82) is 0 Å². The summed E-state index contributed by atoms with van der Waals surface area (Å²) >= 11 is 0. The van der Waals surface area contributed by atoms with Gasteiger partial charge in [-0.1, -0.05) is 35.5 Å². The minimum atomic E-state index is 1.26. The molecule has 0 saturated heterocycles. The molecule has 0 bridgehead atoms. The van der Waals surface area contributed by atoms with Crippen LogP contribution in [0.5, 0.6) is 0 Å². The van der Waals surface area contributed by atoms with Gasteiger partial charge in [-0.3, -0.25) is 0 Å². The lowest BCUT2D eigenvalue weighted by Crippen LogP contribution is -1.92. The van der Waals surface area contributed by atoms with E-state index in [2.05, 4.69) is 37.5 Å². The summed E-state index contributed by atoms with van der Waals surface area (Å²) in [5.41, 5.74) is 6.75. The Balaban J connectivity index is 0.000000131. The number of rotatable bonds is 0. The molecule has 20 heavy (non-hydrogen) atoms. The highest BCUT2D eigenvalue weighted by Gasteiger charge is 2.13. The summed E-state index contributed by atoms with van der Waals surface area (Å²) in [4.78, 5) is 0. The van der Waals surface area contributed by atoms with E-state index in [1.807, 2.05) is 0 Å². The molecule has 0 radical (unpaired) electrons. The molecule has 0 spiro atoms. The topological polar surface area (TPSA) is 0 Å². The van der Waals surface area contributed by atoms with Gasteiger partial charge in [0.2, 0.25) is 0 Å². The third-order valence-corrected chi connectivity index (χ3v) is 4.62. The summed E-state index contributed by atoms with van der Waals surface area (Å²) < 4.78 is 0. The second-order valence-electron chi connectivity index (χ2n) is 5.88. The second-order valence-corrected chi connectivity index (χ2v) is 5.88. The number of allylic oxidation sites excluding steroid dienone is 8. The van der Waals surface area contributed by atoms with Crippen LogP contribution in [-0.4, -0.2) is 0 Å². The molecule has 0 aliphatic heterocycles. The highest BCUT2D eigenvalue weighted by atomic mass is 14.2. The third kappa shape index (κ3) is 3.85. The molecule has 0 heteroatoms. The van der Waals surface area contributed by atoms with Crippen LogP contribution in [0.1, 0.15) is 64.2 Å². The van der Waals surface area contributed by atoms with Crippen molar-refractivity contribution < 1.29 is 0 Å². The van der Waals surface area contributed by atoms with Crippen LogP contribution in [0.2, 0.25) is 0 Å². The van der Waals surface area contributed by atoms with Crippen molar-refractivity contribution in [3.8, 4) is 0 Å². The summed E-state index contributed by atoms with van der Waals surface area (Å²) in [5, 5.41) is 0. The van der Waals surface area contributed by atoms with Gasteiger partial charge in [0.05, 0.1) is 0 Å². The van der Waals surface area contributed by atoms with E-state index in [1.165, 1.54) is 64.2 Å². The van der Waals surface area contributed by atoms with Crippen LogP contribution in [0.4, 0.5) is 0 Å². The first-order valence-electron chi connectivity index (χ1n) is 8.18. The maximum Gasteiger partial charge on any atom is -0.0130 e. The van der Waals surface area contributed by atoms with Crippen molar-refractivity contribution in [2.24, 2.45) is 0 Å². The second kappa shape index (κ2) is 8.09. The summed E-state index contributed by atoms with van der Waals surface area (Å²) in [6.45, 7) is 6.00. The monoisotopic (exact) mass is 268 g/mol. The fraction of sp³-hybridized carbons (Fsp3) is 0.500. The van der Waals surface area contributed by atoms with Crippen molar-refractivity contribution in [2.45, 2.75) is 64.2 Å². The molecule has 0 nitrogen and oxygen atoms in total. The summed E-state index contributed by atoms with van der Waals surface area (Å²) in [5.74, 6) is 0. The highest BCUT2D eigenvalue weighted by Crippen LogP contribution is 2.32. The van der Waals surface area contributed by atoms with Crippen LogP contribution in [0.3, 0.4) is 0 Å². The molecule has 0 aromatic heterocycles. The van der Waals surface area contributed by atoms with Crippen molar-refractivity contribution in [3.63, 3.8) is 0 Å². The molecule has 0 aromatic carbocycles. The van der Waals surface area contributed by atoms with Crippen molar-refractivity contribution in [3.05, 3.63) is 59.8 Å². The van der Waals surface area contributed by atoms with Gasteiger partial charge in [0.15, 0.2) is 0 Å². The fourth-order valence-electron chi connectivity index (χ4n) is 3.54. The van der Waals surface area contributed by atoms with Gasteiger partial charge in [-0.15, -0.1) is 13.2 Å². The Morgan fingerprint density at radius 1 is 0.600 bits per heavy atom. The lowest BCUT2D eigenvalue weighted by Gasteiger charge is -2.12. The molecule has 0 N–H and O–H groups in total. The maximum atomic E-state index is 3.00. The zero-order chi connectivity index (χ0) is 14.2. The lowest BCUT2D eigenvalue weighted by molar-refractivity contribution is 0.681. The molecule has 4 aliphatic carbocycles. The zero-order valence-corrected chi connectivity index (χ0v) is 12.8. The molecule has 0 unspecified atom stereocenters. The number of hydrogen-bond acceptors (Lipinski definition) is 0. The van der Waals surface area contributed by atoms with Crippen molar-refractivity contribution in [1.82, 2.24) is 0 Å². The molecule has 0 saturated carbocycles. The molecule has 0 amide bonds. The van der Waals surface area contributed by atoms with Crippen LogP contribution in [0, 0.1) is 0 Å². The first-order valence-corrected chi connectivity index (χ1v) is 8.18. The first-order chi connectivity index (χ1) is 9.93. The molecule has 108 valence electrons. The summed E-state index contributed by atoms with van der Waals surface area (Å²) in [7, 11) is 0. The van der Waals surface area contributed by atoms with E-state index in [1.54, 1.807) is 22.3 Å². The average molecular weight is 268 g/mol. The van der Waals surface area contributed by atoms with Crippen LogP contribution in [-0.2, 0) is 0 Å². The van der Waals surface area contributed by atoms with Gasteiger partial charge < -0.3 is 0 Å². The largest absolute Gasteiger partial charge is 0.106 e. The number of hydrogen-bond donors (Lipinski definition) is 0. The highest BCUT2D eigenvalue weighted by molar-refractivity contribution is 5.35. The van der Waals surface area contributed by atoms with Gasteiger partial charge in [-0.05, 0) is 75.4 Å². The molecule has 0 heterocycles. The Morgan fingerprint density at radius 3 is 1.40 bits per heavy atom. The van der Waals surface area contributed by atoms with Crippen LogP contribution in [0.15, 0.2) is 59.8 Å². The van der Waals surface area contributed by atoms with Gasteiger partial charge in [-0.25, -0.2) is 0 Å². The van der Waals surface area contributed by atoms with E-state index in [0.29, 0.717) is 0 Å². The van der Waals surface area contributed by atoms with Gasteiger partial charge in [0, 0.05) is 0 Å². The van der Waals surface area contributed by atoms with E-state index in [4.69, 9.17) is 0 Å². The third-order valence-electron chi connectivity index (χ3n) is 4.62. The Morgan fingerprint density at radius 2 is 1.00 bits per heavy atom. The van der Waals surface area contributed by atoms with Gasteiger partial charge >= 0.3 is 0 Å². The van der Waals surface area contributed by atoms with E-state index in [-0.39, 0.29) is 0 Å². The predicted molar refractivity (Wildman–Crippen MR) is 89.8 cm³/mol. The maximum absolute atomic E-state index is 3.00. The Bertz CT molecular complexity index is 401. The van der Waals surface area contributed by atoms with Crippen LogP contribution >= 0.6 is 0 Å². The van der Waals surface area contributed by atoms with E-state index in [9.17, 15) is 0 Å². The van der Waals surface area contributed by atoms with Gasteiger partial charge in [0.25, 0.3) is 0 Å². The molecule has 4 aliphatic rings. The lowest BCUT2D eigenvalue weighted by atomic mass is 9.94. The Labute approximate surface area is 124 Å². The van der Waals surface area contributed by atoms with Gasteiger partial charge in [0.1, 0.15) is 0 Å². The van der Waals surface area contributed by atoms with Gasteiger partial charge in [-0.2, -0.15) is 0 Å². The van der Waals surface area contributed by atoms with Crippen molar-refractivity contribution in [2.75, 3.05) is 0 Å². The minimum absolute atomic E-state index is 1.26. The van der Waals surface area contributed by atoms with Crippen LogP contribution < -0.4 is 0 Å². The van der Waals surface area contributed by atoms with E-state index >= 15 is 0 Å². The predicted octanol–water partition coefficient (Wildman–Crippen LogP) is 6.44. The molecular weight excluding hydrogens is 240 g/mol. The normalized spacial score (nSPS) is 22.6. The summed E-state index contributed by atoms with van der Waals surface area (Å²) in [6.07, 6.45) is 22.9. The quantitative estimate of drug-likeness (QED) is 0.444. The molecule has 4 rings (SSSR count). The Hall–Kier alpha value is -1.30. The van der Waals surface area contributed by atoms with Crippen molar-refractivity contribution >= 4 is 0 Å². The minimum Gasteiger partial charge on any atom is -0.106 e. The molecule has 0 aromatic rings. The standard InChI is InChI=1S/2C9H12.C2H4/c2*1-2-5-9-7-3-6-8(9)4-1;1-2/h2*3,6H,1-2,4-5,7H2;1-2H2. The van der Waals surface area contributed by atoms with E-state index in [0.717, 1.165) is 0 Å². The zero-order valence-electron chi connectivity index (χ0n) is 12.8. The SMILES string of the molecule is C1=CC2=C(C1)CCCC2.C1=CC2=C(C1)CCCC2.C=C. The average Bonchev–Trinajstić information content (AvgIpc) is 3.18. The summed E-state index contributed by atoms with van der Waals surface area (Å²) in [6, 6.07) is 0. The smallest absolute Gasteiger partial charge is 0.0130 e. The molecule has 0 atom stereocenters. The first kappa shape index (κ1) is 15.1. The van der Waals surface area contributed by atoms with E-state index < -0.39 is 0 Å². The fourth-order valence-corrected chi connectivity index (χ4v) is 3.54. The molecular formula is C20H28. The molecule has 0 fully saturated rings. The van der Waals surface area contributed by atoms with Crippen LogP contribution in [0.25, 0.3) is 0 Å². The Kier molecular flexibility index (Phi) is 6.11.